The van der Waals surface area contributed by atoms with Crippen molar-refractivity contribution in [2.75, 3.05) is 38.7 Å². The van der Waals surface area contributed by atoms with Gasteiger partial charge in [0.2, 0.25) is 11.3 Å². The van der Waals surface area contributed by atoms with Crippen molar-refractivity contribution in [2.45, 2.75) is 13.1 Å². The minimum Gasteiger partial charge on any atom is -0.491 e. The molecule has 138 valence electrons. The highest BCUT2D eigenvalue weighted by molar-refractivity contribution is 5.90. The number of benzene rings is 1. The molecular weight excluding hydrogens is 334 g/mol. The summed E-state index contributed by atoms with van der Waals surface area (Å²) in [6, 6.07) is 10.8. The molecule has 1 N–H and O–H groups in total. The Morgan fingerprint density at radius 1 is 1.23 bits per heavy atom. The van der Waals surface area contributed by atoms with Crippen molar-refractivity contribution in [2.24, 2.45) is 0 Å². The van der Waals surface area contributed by atoms with Gasteiger partial charge in [-0.15, -0.1) is 0 Å². The van der Waals surface area contributed by atoms with E-state index in [0.29, 0.717) is 19.8 Å². The van der Waals surface area contributed by atoms with Crippen molar-refractivity contribution in [1.82, 2.24) is 9.47 Å². The van der Waals surface area contributed by atoms with Crippen LogP contribution in [0.25, 0.3) is 0 Å². The van der Waals surface area contributed by atoms with Crippen LogP contribution >= 0.6 is 0 Å². The molecule has 2 heterocycles. The van der Waals surface area contributed by atoms with Gasteiger partial charge in [0.1, 0.15) is 6.54 Å². The van der Waals surface area contributed by atoms with E-state index in [9.17, 15) is 9.59 Å². The third-order valence-electron chi connectivity index (χ3n) is 4.26. The number of carbonyl (C=O) groups is 1. The number of morpholine rings is 1. The first-order chi connectivity index (χ1) is 12.7. The zero-order chi connectivity index (χ0) is 18.4. The van der Waals surface area contributed by atoms with Gasteiger partial charge in [-0.1, -0.05) is 18.2 Å². The first-order valence-electron chi connectivity index (χ1n) is 8.58. The maximum Gasteiger partial charge on any atom is 0.244 e. The number of aromatic nitrogens is 1. The summed E-state index contributed by atoms with van der Waals surface area (Å²) < 4.78 is 12.3. The third-order valence-corrected chi connectivity index (χ3v) is 4.26. The van der Waals surface area contributed by atoms with Crippen LogP contribution in [0.2, 0.25) is 0 Å². The molecular formula is C19H23N3O4. The molecule has 0 radical (unpaired) electrons. The van der Waals surface area contributed by atoms with Gasteiger partial charge < -0.3 is 19.4 Å². The van der Waals surface area contributed by atoms with Gasteiger partial charge >= 0.3 is 0 Å². The Morgan fingerprint density at radius 2 is 1.96 bits per heavy atom. The Morgan fingerprint density at radius 3 is 2.65 bits per heavy atom. The molecule has 3 rings (SSSR count). The first-order valence-corrected chi connectivity index (χ1v) is 8.58. The fraction of sp³-hybridized carbons (Fsp3) is 0.368. The van der Waals surface area contributed by atoms with Gasteiger partial charge in [0.05, 0.1) is 26.5 Å². The zero-order valence-corrected chi connectivity index (χ0v) is 14.8. The molecule has 1 aromatic carbocycles. The molecule has 1 aliphatic heterocycles. The number of nitrogens with zero attached hydrogens (tertiary/aromatic N) is 2. The molecule has 1 saturated heterocycles. The Hall–Kier alpha value is -2.64. The van der Waals surface area contributed by atoms with Crippen LogP contribution < -0.4 is 15.5 Å². The number of carbonyl (C=O) groups excluding carboxylic acids is 1. The summed E-state index contributed by atoms with van der Waals surface area (Å²) in [5.41, 5.74) is 1.33. The predicted molar refractivity (Wildman–Crippen MR) is 98.4 cm³/mol. The highest BCUT2D eigenvalue weighted by Gasteiger charge is 2.16. The largest absolute Gasteiger partial charge is 0.491 e. The monoisotopic (exact) mass is 357 g/mol. The SMILES string of the molecule is COc1cn(CC(=O)Nc2ccccc2)c(CN2CCOCC2)cc1=O. The number of rotatable bonds is 6. The number of anilines is 1. The Bertz CT molecular complexity index is 798. The maximum absolute atomic E-state index is 12.4. The van der Waals surface area contributed by atoms with E-state index in [0.717, 1.165) is 24.5 Å². The van der Waals surface area contributed by atoms with Crippen LogP contribution in [-0.2, 0) is 22.6 Å². The van der Waals surface area contributed by atoms with Crippen LogP contribution in [0.3, 0.4) is 0 Å². The third kappa shape index (κ3) is 4.71. The van der Waals surface area contributed by atoms with Gasteiger partial charge in [0.15, 0.2) is 5.75 Å². The van der Waals surface area contributed by atoms with Crippen LogP contribution in [-0.4, -0.2) is 48.8 Å². The Labute approximate surface area is 152 Å². The second-order valence-corrected chi connectivity index (χ2v) is 6.13. The topological polar surface area (TPSA) is 72.8 Å². The lowest BCUT2D eigenvalue weighted by atomic mass is 10.2. The minimum atomic E-state index is -0.185. The smallest absolute Gasteiger partial charge is 0.244 e. The van der Waals surface area contributed by atoms with Gasteiger partial charge in [-0.2, -0.15) is 0 Å². The highest BCUT2D eigenvalue weighted by Crippen LogP contribution is 2.12. The van der Waals surface area contributed by atoms with Gasteiger partial charge in [0.25, 0.3) is 0 Å². The van der Waals surface area contributed by atoms with Crippen molar-refractivity contribution >= 4 is 11.6 Å². The Kier molecular flexibility index (Phi) is 6.04. The Balaban J connectivity index is 1.78. The van der Waals surface area contributed by atoms with Crippen molar-refractivity contribution in [3.05, 3.63) is 58.5 Å². The summed E-state index contributed by atoms with van der Waals surface area (Å²) in [5.74, 6) is 0.0633. The number of methoxy groups -OCH3 is 1. The van der Waals surface area contributed by atoms with Crippen molar-refractivity contribution in [3.8, 4) is 5.75 Å². The molecule has 0 spiro atoms. The molecule has 0 aliphatic carbocycles. The summed E-state index contributed by atoms with van der Waals surface area (Å²) >= 11 is 0. The van der Waals surface area contributed by atoms with E-state index in [4.69, 9.17) is 9.47 Å². The average molecular weight is 357 g/mol. The number of para-hydroxylation sites is 1. The van der Waals surface area contributed by atoms with E-state index in [1.807, 2.05) is 30.3 Å². The van der Waals surface area contributed by atoms with Gasteiger partial charge in [-0.3, -0.25) is 14.5 Å². The normalized spacial score (nSPS) is 14.8. The van der Waals surface area contributed by atoms with E-state index in [-0.39, 0.29) is 23.6 Å². The lowest BCUT2D eigenvalue weighted by Gasteiger charge is -2.27. The number of pyridine rings is 1. The van der Waals surface area contributed by atoms with Crippen molar-refractivity contribution in [3.63, 3.8) is 0 Å². The average Bonchev–Trinajstić information content (AvgIpc) is 2.65. The lowest BCUT2D eigenvalue weighted by molar-refractivity contribution is -0.116. The van der Waals surface area contributed by atoms with Gasteiger partial charge in [-0.05, 0) is 12.1 Å². The van der Waals surface area contributed by atoms with Crippen molar-refractivity contribution in [1.29, 1.82) is 0 Å². The second-order valence-electron chi connectivity index (χ2n) is 6.13. The quantitative estimate of drug-likeness (QED) is 0.844. The van der Waals surface area contributed by atoms with E-state index in [2.05, 4.69) is 10.2 Å². The summed E-state index contributed by atoms with van der Waals surface area (Å²) in [5, 5.41) is 2.86. The number of ether oxygens (including phenoxy) is 2. The van der Waals surface area contributed by atoms with E-state index in [1.54, 1.807) is 16.8 Å². The number of hydrogen-bond donors (Lipinski definition) is 1. The molecule has 0 saturated carbocycles. The zero-order valence-electron chi connectivity index (χ0n) is 14.8. The summed E-state index contributed by atoms with van der Waals surface area (Å²) in [7, 11) is 1.45. The molecule has 0 unspecified atom stereocenters. The second kappa shape index (κ2) is 8.64. The summed E-state index contributed by atoms with van der Waals surface area (Å²) in [6.07, 6.45) is 1.60. The van der Waals surface area contributed by atoms with E-state index < -0.39 is 0 Å². The molecule has 7 heteroatoms. The number of amides is 1. The molecule has 26 heavy (non-hydrogen) atoms. The standard InChI is InChI=1S/C19H23N3O4/c1-25-18-13-22(14-19(24)20-15-5-3-2-4-6-15)16(11-17(18)23)12-21-7-9-26-10-8-21/h2-6,11,13H,7-10,12,14H2,1H3,(H,20,24). The van der Waals surface area contributed by atoms with Crippen LogP contribution in [0.5, 0.6) is 5.75 Å². The highest BCUT2D eigenvalue weighted by atomic mass is 16.5. The van der Waals surface area contributed by atoms with Crippen LogP contribution in [0.4, 0.5) is 5.69 Å². The van der Waals surface area contributed by atoms with Crippen molar-refractivity contribution < 1.29 is 14.3 Å². The van der Waals surface area contributed by atoms with E-state index in [1.165, 1.54) is 7.11 Å². The molecule has 7 nitrogen and oxygen atoms in total. The molecule has 1 amide bonds. The van der Waals surface area contributed by atoms with E-state index >= 15 is 0 Å². The number of hydrogen-bond acceptors (Lipinski definition) is 5. The summed E-state index contributed by atoms with van der Waals surface area (Å²) in [6.45, 7) is 3.64. The van der Waals surface area contributed by atoms with Gasteiger partial charge in [0, 0.05) is 37.1 Å². The maximum atomic E-state index is 12.4. The van der Waals surface area contributed by atoms with Crippen LogP contribution in [0.15, 0.2) is 47.4 Å². The van der Waals surface area contributed by atoms with Crippen LogP contribution in [0.1, 0.15) is 5.69 Å². The molecule has 1 fully saturated rings. The lowest BCUT2D eigenvalue weighted by Crippen LogP contribution is -2.37. The molecule has 0 atom stereocenters. The number of nitrogens with one attached hydrogen (secondary N) is 1. The first kappa shape index (κ1) is 18.2. The fourth-order valence-electron chi connectivity index (χ4n) is 2.90. The molecule has 2 aromatic rings. The molecule has 1 aromatic heterocycles. The summed E-state index contributed by atoms with van der Waals surface area (Å²) in [4.78, 5) is 26.8. The predicted octanol–water partition coefficient (Wildman–Crippen LogP) is 1.33. The minimum absolute atomic E-state index is 0.102. The van der Waals surface area contributed by atoms with Gasteiger partial charge in [-0.25, -0.2) is 0 Å². The molecule has 1 aliphatic rings. The van der Waals surface area contributed by atoms with Crippen LogP contribution in [0, 0.1) is 0 Å². The molecule has 0 bridgehead atoms. The fourth-order valence-corrected chi connectivity index (χ4v) is 2.90.